The van der Waals surface area contributed by atoms with Gasteiger partial charge in [-0.1, -0.05) is 30.5 Å². The summed E-state index contributed by atoms with van der Waals surface area (Å²) in [5, 5.41) is 10.6. The maximum Gasteiger partial charge on any atom is 0.246 e. The van der Waals surface area contributed by atoms with Crippen molar-refractivity contribution in [3.8, 4) is 11.5 Å². The number of ether oxygens (including phenoxy) is 2. The standard InChI is InChI=1S/C21H31N5O3.HI/c1-15-25-19(29-26-15)13-23-20(22-2)24-14-21(10-6-5-7-11-21)16-8-9-17(27-3)18(12-16)28-4;/h8-9,12H,5-7,10-11,13-14H2,1-4H3,(H2,22,23,24);1H. The molecule has 2 N–H and O–H groups in total. The Morgan fingerprint density at radius 3 is 2.47 bits per heavy atom. The summed E-state index contributed by atoms with van der Waals surface area (Å²) in [6, 6.07) is 6.27. The zero-order valence-corrected chi connectivity index (χ0v) is 20.5. The summed E-state index contributed by atoms with van der Waals surface area (Å²) in [4.78, 5) is 8.55. The van der Waals surface area contributed by atoms with Gasteiger partial charge in [0.1, 0.15) is 0 Å². The van der Waals surface area contributed by atoms with Crippen LogP contribution in [0, 0.1) is 6.92 Å². The van der Waals surface area contributed by atoms with E-state index in [1.807, 2.05) is 6.07 Å². The van der Waals surface area contributed by atoms with Gasteiger partial charge in [0, 0.05) is 19.0 Å². The van der Waals surface area contributed by atoms with Crippen molar-refractivity contribution in [2.75, 3.05) is 27.8 Å². The molecular formula is C21H32IN5O3. The van der Waals surface area contributed by atoms with Gasteiger partial charge in [-0.05, 0) is 37.5 Å². The van der Waals surface area contributed by atoms with Gasteiger partial charge in [0.05, 0.1) is 20.8 Å². The average molecular weight is 529 g/mol. The van der Waals surface area contributed by atoms with Gasteiger partial charge in [0.15, 0.2) is 23.3 Å². The van der Waals surface area contributed by atoms with E-state index in [0.29, 0.717) is 24.2 Å². The zero-order valence-electron chi connectivity index (χ0n) is 18.2. The van der Waals surface area contributed by atoms with E-state index in [0.717, 1.165) is 30.9 Å². The lowest BCUT2D eigenvalue weighted by Crippen LogP contribution is -2.46. The molecule has 2 aromatic rings. The van der Waals surface area contributed by atoms with Crippen LogP contribution in [0.1, 0.15) is 49.4 Å². The molecule has 0 bridgehead atoms. The highest BCUT2D eigenvalue weighted by Crippen LogP contribution is 2.42. The minimum atomic E-state index is 0. The number of aryl methyl sites for hydroxylation is 1. The molecule has 0 amide bonds. The van der Waals surface area contributed by atoms with Crippen molar-refractivity contribution in [2.24, 2.45) is 4.99 Å². The van der Waals surface area contributed by atoms with Gasteiger partial charge < -0.3 is 24.6 Å². The number of aliphatic imine (C=N–C) groups is 1. The number of nitrogens with zero attached hydrogens (tertiary/aromatic N) is 3. The van der Waals surface area contributed by atoms with Crippen molar-refractivity contribution in [1.82, 2.24) is 20.8 Å². The van der Waals surface area contributed by atoms with E-state index in [4.69, 9.17) is 14.0 Å². The Morgan fingerprint density at radius 2 is 1.87 bits per heavy atom. The van der Waals surface area contributed by atoms with Crippen LogP contribution in [0.15, 0.2) is 27.7 Å². The van der Waals surface area contributed by atoms with Gasteiger partial charge in [-0.2, -0.15) is 4.98 Å². The van der Waals surface area contributed by atoms with E-state index >= 15 is 0 Å². The van der Waals surface area contributed by atoms with Gasteiger partial charge in [0.2, 0.25) is 5.89 Å². The number of nitrogens with one attached hydrogen (secondary N) is 2. The SMILES string of the molecule is CN=C(NCc1nc(C)no1)NCC1(c2ccc(OC)c(OC)c2)CCCCC1.I. The summed E-state index contributed by atoms with van der Waals surface area (Å²) < 4.78 is 16.1. The second-order valence-electron chi connectivity index (χ2n) is 7.43. The molecule has 1 saturated carbocycles. The molecule has 0 atom stereocenters. The Labute approximate surface area is 195 Å². The lowest BCUT2D eigenvalue weighted by atomic mass is 9.69. The van der Waals surface area contributed by atoms with Gasteiger partial charge >= 0.3 is 0 Å². The molecule has 8 nitrogen and oxygen atoms in total. The third-order valence-electron chi connectivity index (χ3n) is 5.60. The normalized spacial score (nSPS) is 15.8. The number of guanidine groups is 1. The largest absolute Gasteiger partial charge is 0.493 e. The molecule has 0 aliphatic heterocycles. The molecule has 0 radical (unpaired) electrons. The van der Waals surface area contributed by atoms with Crippen LogP contribution in [-0.4, -0.2) is 43.9 Å². The van der Waals surface area contributed by atoms with Gasteiger partial charge in [-0.25, -0.2) is 0 Å². The molecule has 1 heterocycles. The first-order valence-electron chi connectivity index (χ1n) is 10.1. The van der Waals surface area contributed by atoms with E-state index < -0.39 is 0 Å². The maximum absolute atomic E-state index is 5.54. The second-order valence-corrected chi connectivity index (χ2v) is 7.43. The molecule has 0 unspecified atom stereocenters. The van der Waals surface area contributed by atoms with Crippen LogP contribution in [0.5, 0.6) is 11.5 Å². The van der Waals surface area contributed by atoms with E-state index in [1.165, 1.54) is 24.8 Å². The maximum atomic E-state index is 5.54. The first kappa shape index (κ1) is 24.2. The van der Waals surface area contributed by atoms with Crippen LogP contribution in [0.25, 0.3) is 0 Å². The van der Waals surface area contributed by atoms with E-state index in [2.05, 4.69) is 37.9 Å². The summed E-state index contributed by atoms with van der Waals surface area (Å²) in [5.74, 6) is 3.40. The number of methoxy groups -OCH3 is 2. The van der Waals surface area contributed by atoms with Crippen LogP contribution in [0.4, 0.5) is 0 Å². The highest BCUT2D eigenvalue weighted by atomic mass is 127. The van der Waals surface area contributed by atoms with E-state index in [-0.39, 0.29) is 29.4 Å². The van der Waals surface area contributed by atoms with Gasteiger partial charge in [-0.3, -0.25) is 4.99 Å². The first-order valence-corrected chi connectivity index (χ1v) is 10.1. The third-order valence-corrected chi connectivity index (χ3v) is 5.60. The Morgan fingerprint density at radius 1 is 1.13 bits per heavy atom. The molecule has 1 fully saturated rings. The molecule has 9 heteroatoms. The topological polar surface area (TPSA) is 93.8 Å². The summed E-state index contributed by atoms with van der Waals surface area (Å²) in [6.45, 7) is 3.02. The van der Waals surface area contributed by atoms with E-state index in [9.17, 15) is 0 Å². The fraction of sp³-hybridized carbons (Fsp3) is 0.571. The first-order chi connectivity index (χ1) is 14.1. The molecule has 0 spiro atoms. The molecule has 30 heavy (non-hydrogen) atoms. The number of hydrogen-bond donors (Lipinski definition) is 2. The Bertz CT molecular complexity index is 834. The summed E-state index contributed by atoms with van der Waals surface area (Å²) in [6.07, 6.45) is 5.94. The van der Waals surface area contributed by atoms with Crippen molar-refractivity contribution >= 4 is 29.9 Å². The Kier molecular flexibility index (Phi) is 9.19. The zero-order chi connectivity index (χ0) is 20.7. The minimum Gasteiger partial charge on any atom is -0.493 e. The molecule has 166 valence electrons. The number of halogens is 1. The lowest BCUT2D eigenvalue weighted by molar-refractivity contribution is 0.288. The van der Waals surface area contributed by atoms with Crippen molar-refractivity contribution < 1.29 is 14.0 Å². The van der Waals surface area contributed by atoms with Crippen LogP contribution in [-0.2, 0) is 12.0 Å². The minimum absolute atomic E-state index is 0. The highest BCUT2D eigenvalue weighted by Gasteiger charge is 2.34. The number of benzene rings is 1. The quantitative estimate of drug-likeness (QED) is 0.322. The van der Waals surface area contributed by atoms with Gasteiger partial charge in [-0.15, -0.1) is 24.0 Å². The molecular weight excluding hydrogens is 497 g/mol. The molecule has 1 aromatic heterocycles. The Hall–Kier alpha value is -2.04. The predicted molar refractivity (Wildman–Crippen MR) is 127 cm³/mol. The van der Waals surface area contributed by atoms with Crippen LogP contribution >= 0.6 is 24.0 Å². The summed E-state index contributed by atoms with van der Waals surface area (Å²) in [7, 11) is 5.10. The molecule has 0 saturated heterocycles. The van der Waals surface area contributed by atoms with Crippen LogP contribution < -0.4 is 20.1 Å². The van der Waals surface area contributed by atoms with Crippen LogP contribution in [0.2, 0.25) is 0 Å². The van der Waals surface area contributed by atoms with Crippen molar-refractivity contribution in [3.63, 3.8) is 0 Å². The molecule has 1 aliphatic rings. The third kappa shape index (κ3) is 5.77. The average Bonchev–Trinajstić information content (AvgIpc) is 3.19. The number of hydrogen-bond acceptors (Lipinski definition) is 6. The van der Waals surface area contributed by atoms with Crippen molar-refractivity contribution in [3.05, 3.63) is 35.5 Å². The monoisotopic (exact) mass is 529 g/mol. The van der Waals surface area contributed by atoms with Gasteiger partial charge in [0.25, 0.3) is 0 Å². The molecule has 1 aliphatic carbocycles. The fourth-order valence-corrected chi connectivity index (χ4v) is 4.01. The lowest BCUT2D eigenvalue weighted by Gasteiger charge is -2.38. The smallest absolute Gasteiger partial charge is 0.246 e. The molecule has 1 aromatic carbocycles. The van der Waals surface area contributed by atoms with Crippen molar-refractivity contribution in [1.29, 1.82) is 0 Å². The predicted octanol–water partition coefficient (Wildman–Crippen LogP) is 3.58. The summed E-state index contributed by atoms with van der Waals surface area (Å²) >= 11 is 0. The van der Waals surface area contributed by atoms with Crippen molar-refractivity contribution in [2.45, 2.75) is 51.0 Å². The fourth-order valence-electron chi connectivity index (χ4n) is 4.01. The number of rotatable bonds is 7. The summed E-state index contributed by atoms with van der Waals surface area (Å²) in [5.41, 5.74) is 1.29. The second kappa shape index (κ2) is 11.4. The van der Waals surface area contributed by atoms with Crippen LogP contribution in [0.3, 0.4) is 0 Å². The Balaban J connectivity index is 0.00000320. The number of aromatic nitrogens is 2. The highest BCUT2D eigenvalue weighted by molar-refractivity contribution is 14.0. The van der Waals surface area contributed by atoms with E-state index in [1.54, 1.807) is 28.2 Å². The molecule has 3 rings (SSSR count).